The Hall–Kier alpha value is -1.61. The van der Waals surface area contributed by atoms with E-state index in [9.17, 15) is 0 Å². The summed E-state index contributed by atoms with van der Waals surface area (Å²) in [6.07, 6.45) is 5.90. The molecule has 4 rings (SSSR count). The van der Waals surface area contributed by atoms with Gasteiger partial charge >= 0.3 is 0 Å². The molecule has 1 aliphatic carbocycles. The minimum Gasteiger partial charge on any atom is -0.324 e. The molecule has 2 aliphatic rings. The van der Waals surface area contributed by atoms with Crippen molar-refractivity contribution in [1.82, 2.24) is 14.9 Å². The van der Waals surface area contributed by atoms with Crippen molar-refractivity contribution in [3.8, 4) is 0 Å². The maximum atomic E-state index is 4.92. The van der Waals surface area contributed by atoms with Crippen molar-refractivity contribution >= 4 is 0 Å². The Morgan fingerprint density at radius 1 is 1.29 bits per heavy atom. The first kappa shape index (κ1) is 13.1. The second kappa shape index (κ2) is 5.30. The molecule has 0 saturated heterocycles. The third kappa shape index (κ3) is 2.11. The molecular weight excluding hydrogens is 258 g/mol. The summed E-state index contributed by atoms with van der Waals surface area (Å²) in [6, 6.07) is 9.49. The van der Waals surface area contributed by atoms with Gasteiger partial charge in [-0.25, -0.2) is 4.98 Å². The molecule has 0 bridgehead atoms. The monoisotopic (exact) mass is 281 g/mol. The molecule has 2 aromatic rings. The lowest BCUT2D eigenvalue weighted by Crippen LogP contribution is -2.27. The number of hydrogen-bond acceptors (Lipinski definition) is 2. The maximum Gasteiger partial charge on any atom is 0.109 e. The highest BCUT2D eigenvalue weighted by Gasteiger charge is 2.28. The summed E-state index contributed by atoms with van der Waals surface area (Å²) in [5.41, 5.74) is 5.82. The van der Waals surface area contributed by atoms with Crippen molar-refractivity contribution in [2.75, 3.05) is 6.54 Å². The van der Waals surface area contributed by atoms with Gasteiger partial charge in [0.2, 0.25) is 0 Å². The molecule has 1 unspecified atom stereocenters. The zero-order valence-corrected chi connectivity index (χ0v) is 12.7. The Labute approximate surface area is 126 Å². The fourth-order valence-electron chi connectivity index (χ4n) is 4.00. The van der Waals surface area contributed by atoms with Gasteiger partial charge < -0.3 is 9.88 Å². The van der Waals surface area contributed by atoms with Gasteiger partial charge in [0.25, 0.3) is 0 Å². The Bertz CT molecular complexity index is 656. The van der Waals surface area contributed by atoms with Crippen LogP contribution >= 0.6 is 0 Å². The molecule has 110 valence electrons. The quantitative estimate of drug-likeness (QED) is 0.917. The highest BCUT2D eigenvalue weighted by Crippen LogP contribution is 2.35. The molecule has 1 N–H and O–H groups in total. The van der Waals surface area contributed by atoms with Crippen LogP contribution in [0.2, 0.25) is 0 Å². The van der Waals surface area contributed by atoms with Crippen LogP contribution in [0.4, 0.5) is 0 Å². The molecule has 1 atom stereocenters. The van der Waals surface area contributed by atoms with Crippen LogP contribution in [0.25, 0.3) is 0 Å². The number of hydrogen-bond donors (Lipinski definition) is 1. The maximum absolute atomic E-state index is 4.92. The van der Waals surface area contributed by atoms with E-state index in [-0.39, 0.29) is 0 Å². The lowest BCUT2D eigenvalue weighted by Gasteiger charge is -2.30. The molecule has 0 saturated carbocycles. The largest absolute Gasteiger partial charge is 0.324 e. The van der Waals surface area contributed by atoms with Crippen LogP contribution in [0.15, 0.2) is 24.3 Å². The van der Waals surface area contributed by atoms with Crippen molar-refractivity contribution in [2.24, 2.45) is 0 Å². The van der Waals surface area contributed by atoms with Crippen molar-refractivity contribution in [3.05, 3.63) is 52.6 Å². The van der Waals surface area contributed by atoms with E-state index in [1.165, 1.54) is 47.6 Å². The van der Waals surface area contributed by atoms with Crippen LogP contribution < -0.4 is 5.32 Å². The molecule has 0 amide bonds. The number of imidazole rings is 1. The fourth-order valence-corrected chi connectivity index (χ4v) is 4.00. The van der Waals surface area contributed by atoms with Gasteiger partial charge in [-0.05, 0) is 30.4 Å². The lowest BCUT2D eigenvalue weighted by atomic mass is 9.87. The molecule has 21 heavy (non-hydrogen) atoms. The van der Waals surface area contributed by atoms with Crippen LogP contribution in [-0.2, 0) is 25.8 Å². The molecule has 1 aromatic carbocycles. The van der Waals surface area contributed by atoms with Crippen molar-refractivity contribution in [1.29, 1.82) is 0 Å². The minimum atomic E-state index is 0.499. The molecule has 1 aromatic heterocycles. The van der Waals surface area contributed by atoms with E-state index in [2.05, 4.69) is 41.1 Å². The Morgan fingerprint density at radius 3 is 3.10 bits per heavy atom. The first-order chi connectivity index (χ1) is 10.4. The van der Waals surface area contributed by atoms with Crippen LogP contribution in [0.3, 0.4) is 0 Å². The van der Waals surface area contributed by atoms with Crippen LogP contribution in [-0.4, -0.2) is 16.1 Å². The van der Waals surface area contributed by atoms with E-state index in [0.717, 1.165) is 25.9 Å². The number of aryl methyl sites for hydroxylation is 2. The average molecular weight is 281 g/mol. The molecule has 0 spiro atoms. The zero-order chi connectivity index (χ0) is 14.2. The summed E-state index contributed by atoms with van der Waals surface area (Å²) < 4.78 is 2.58. The first-order valence-corrected chi connectivity index (χ1v) is 8.26. The highest BCUT2D eigenvalue weighted by molar-refractivity contribution is 5.35. The van der Waals surface area contributed by atoms with E-state index in [0.29, 0.717) is 6.04 Å². The van der Waals surface area contributed by atoms with Gasteiger partial charge in [0, 0.05) is 31.6 Å². The predicted molar refractivity (Wildman–Crippen MR) is 84.5 cm³/mol. The zero-order valence-electron chi connectivity index (χ0n) is 12.7. The minimum absolute atomic E-state index is 0.499. The standard InChI is InChI=1S/C18H23N3/c1-2-18-20-15-12-19-11-10-17(15)21(18)16-9-5-7-13-6-3-4-8-14(13)16/h3-4,6,8,16,19H,2,5,7,9-12H2,1H3. The normalized spacial score (nSPS) is 20.9. The molecule has 0 fully saturated rings. The Morgan fingerprint density at radius 2 is 2.19 bits per heavy atom. The summed E-state index contributed by atoms with van der Waals surface area (Å²) in [5.74, 6) is 1.27. The van der Waals surface area contributed by atoms with Gasteiger partial charge in [0.05, 0.1) is 11.7 Å². The molecule has 2 heterocycles. The second-order valence-corrected chi connectivity index (χ2v) is 6.18. The van der Waals surface area contributed by atoms with E-state index < -0.39 is 0 Å². The number of nitrogens with zero attached hydrogens (tertiary/aromatic N) is 2. The summed E-state index contributed by atoms with van der Waals surface area (Å²) in [5, 5.41) is 3.45. The Kier molecular flexibility index (Phi) is 3.30. The summed E-state index contributed by atoms with van der Waals surface area (Å²) in [4.78, 5) is 4.92. The van der Waals surface area contributed by atoms with E-state index >= 15 is 0 Å². The van der Waals surface area contributed by atoms with Crippen molar-refractivity contribution < 1.29 is 0 Å². The van der Waals surface area contributed by atoms with Gasteiger partial charge in [-0.2, -0.15) is 0 Å². The van der Waals surface area contributed by atoms with E-state index in [4.69, 9.17) is 4.98 Å². The summed E-state index contributed by atoms with van der Waals surface area (Å²) in [7, 11) is 0. The lowest BCUT2D eigenvalue weighted by molar-refractivity contribution is 0.457. The predicted octanol–water partition coefficient (Wildman–Crippen LogP) is 3.02. The van der Waals surface area contributed by atoms with Gasteiger partial charge in [-0.15, -0.1) is 0 Å². The SMILES string of the molecule is CCc1nc2c(n1C1CCCc3ccccc31)CCNC2. The highest BCUT2D eigenvalue weighted by atomic mass is 15.1. The van der Waals surface area contributed by atoms with Crippen LogP contribution in [0.1, 0.15) is 54.1 Å². The van der Waals surface area contributed by atoms with E-state index in [1.807, 2.05) is 0 Å². The number of aromatic nitrogens is 2. The number of fused-ring (bicyclic) bond motifs is 2. The molecule has 3 heteroatoms. The summed E-state index contributed by atoms with van der Waals surface area (Å²) in [6.45, 7) is 4.24. The summed E-state index contributed by atoms with van der Waals surface area (Å²) >= 11 is 0. The number of benzene rings is 1. The molecular formula is C18H23N3. The second-order valence-electron chi connectivity index (χ2n) is 6.18. The van der Waals surface area contributed by atoms with Gasteiger partial charge in [0.1, 0.15) is 5.82 Å². The smallest absolute Gasteiger partial charge is 0.109 e. The average Bonchev–Trinajstić information content (AvgIpc) is 2.92. The van der Waals surface area contributed by atoms with Gasteiger partial charge in [-0.3, -0.25) is 0 Å². The fraction of sp³-hybridized carbons (Fsp3) is 0.500. The van der Waals surface area contributed by atoms with Crippen molar-refractivity contribution in [2.45, 2.75) is 51.6 Å². The van der Waals surface area contributed by atoms with Gasteiger partial charge in [0.15, 0.2) is 0 Å². The topological polar surface area (TPSA) is 29.9 Å². The number of nitrogens with one attached hydrogen (secondary N) is 1. The van der Waals surface area contributed by atoms with Gasteiger partial charge in [-0.1, -0.05) is 31.2 Å². The third-order valence-corrected chi connectivity index (χ3v) is 4.96. The van der Waals surface area contributed by atoms with Crippen LogP contribution in [0, 0.1) is 0 Å². The van der Waals surface area contributed by atoms with Crippen molar-refractivity contribution in [3.63, 3.8) is 0 Å². The molecule has 3 nitrogen and oxygen atoms in total. The molecule has 1 aliphatic heterocycles. The van der Waals surface area contributed by atoms with E-state index in [1.54, 1.807) is 0 Å². The number of rotatable bonds is 2. The molecule has 0 radical (unpaired) electrons. The first-order valence-electron chi connectivity index (χ1n) is 8.26. The van der Waals surface area contributed by atoms with Crippen LogP contribution in [0.5, 0.6) is 0 Å². The third-order valence-electron chi connectivity index (χ3n) is 4.96. The Balaban J connectivity index is 1.86.